The Labute approximate surface area is 88.3 Å². The minimum absolute atomic E-state index is 0.689. The van der Waals surface area contributed by atoms with Gasteiger partial charge in [-0.1, -0.05) is 5.16 Å². The molecule has 2 aromatic heterocycles. The lowest BCUT2D eigenvalue weighted by Crippen LogP contribution is -2.13. The molecule has 0 aliphatic heterocycles. The number of aromatic nitrogens is 2. The van der Waals surface area contributed by atoms with Crippen LogP contribution in [0.3, 0.4) is 0 Å². The molecule has 2 heterocycles. The van der Waals surface area contributed by atoms with Gasteiger partial charge in [0.25, 0.3) is 0 Å². The van der Waals surface area contributed by atoms with E-state index in [1.807, 2.05) is 18.3 Å². The number of pyridine rings is 1. The minimum Gasteiger partial charge on any atom is -0.360 e. The van der Waals surface area contributed by atoms with Crippen molar-refractivity contribution >= 4 is 0 Å². The Kier molecular flexibility index (Phi) is 3.09. The minimum atomic E-state index is 0.689. The van der Waals surface area contributed by atoms with E-state index in [4.69, 9.17) is 4.52 Å². The van der Waals surface area contributed by atoms with E-state index in [0.717, 1.165) is 12.3 Å². The summed E-state index contributed by atoms with van der Waals surface area (Å²) in [5.41, 5.74) is 2.45. The maximum atomic E-state index is 4.97. The highest BCUT2D eigenvalue weighted by molar-refractivity contribution is 5.21. The molecular formula is C11H13N3O. The lowest BCUT2D eigenvalue weighted by molar-refractivity contribution is 0.372. The quantitative estimate of drug-likeness (QED) is 0.821. The van der Waals surface area contributed by atoms with Crippen molar-refractivity contribution in [2.75, 3.05) is 0 Å². The molecular weight excluding hydrogens is 190 g/mol. The van der Waals surface area contributed by atoms with Gasteiger partial charge in [-0.25, -0.2) is 0 Å². The smallest absolute Gasteiger partial charge is 0.150 e. The molecule has 0 spiro atoms. The normalized spacial score (nSPS) is 10.5. The zero-order chi connectivity index (χ0) is 10.5. The Morgan fingerprint density at radius 1 is 1.27 bits per heavy atom. The predicted octanol–water partition coefficient (Wildman–Crippen LogP) is 1.67. The number of nitrogens with one attached hydrogen (secondary N) is 1. The first-order valence-electron chi connectivity index (χ1n) is 4.86. The molecule has 0 atom stereocenters. The molecule has 0 saturated carbocycles. The van der Waals surface area contributed by atoms with E-state index < -0.39 is 0 Å². The van der Waals surface area contributed by atoms with E-state index in [0.29, 0.717) is 6.54 Å². The van der Waals surface area contributed by atoms with Crippen LogP contribution in [-0.4, -0.2) is 10.1 Å². The van der Waals surface area contributed by atoms with Crippen LogP contribution in [0, 0.1) is 6.92 Å². The van der Waals surface area contributed by atoms with E-state index >= 15 is 0 Å². The second kappa shape index (κ2) is 4.70. The van der Waals surface area contributed by atoms with Gasteiger partial charge in [0.2, 0.25) is 0 Å². The van der Waals surface area contributed by atoms with Crippen molar-refractivity contribution in [3.63, 3.8) is 0 Å². The molecule has 0 fully saturated rings. The lowest BCUT2D eigenvalue weighted by atomic mass is 10.1. The third-order valence-corrected chi connectivity index (χ3v) is 2.25. The summed E-state index contributed by atoms with van der Waals surface area (Å²) in [6, 6.07) is 3.86. The van der Waals surface area contributed by atoms with Crippen molar-refractivity contribution < 1.29 is 4.52 Å². The molecule has 0 aliphatic carbocycles. The summed E-state index contributed by atoms with van der Waals surface area (Å²) in [4.78, 5) is 4.09. The zero-order valence-electron chi connectivity index (χ0n) is 8.60. The summed E-state index contributed by atoms with van der Waals surface area (Å²) >= 11 is 0. The second-order valence-corrected chi connectivity index (χ2v) is 3.38. The molecule has 0 amide bonds. The molecule has 2 aromatic rings. The number of nitrogens with zero attached hydrogens (tertiary/aromatic N) is 2. The molecule has 4 nitrogen and oxygen atoms in total. The van der Waals surface area contributed by atoms with Crippen molar-refractivity contribution in [2.45, 2.75) is 20.0 Å². The number of rotatable bonds is 4. The molecule has 4 heteroatoms. The molecule has 1 N–H and O–H groups in total. The highest BCUT2D eigenvalue weighted by atomic mass is 16.5. The number of hydrogen-bond acceptors (Lipinski definition) is 4. The first kappa shape index (κ1) is 9.86. The Balaban J connectivity index is 1.86. The van der Waals surface area contributed by atoms with Crippen molar-refractivity contribution in [1.29, 1.82) is 0 Å². The van der Waals surface area contributed by atoms with Crippen LogP contribution in [0.5, 0.6) is 0 Å². The molecule has 0 bridgehead atoms. The monoisotopic (exact) mass is 203 g/mol. The molecule has 2 rings (SSSR count). The number of hydrogen-bond donors (Lipinski definition) is 1. The van der Waals surface area contributed by atoms with Gasteiger partial charge in [0.15, 0.2) is 0 Å². The second-order valence-electron chi connectivity index (χ2n) is 3.38. The third-order valence-electron chi connectivity index (χ3n) is 2.25. The average Bonchev–Trinajstić information content (AvgIpc) is 2.74. The first-order chi connectivity index (χ1) is 7.36. The molecule has 0 aliphatic rings. The van der Waals surface area contributed by atoms with Gasteiger partial charge in [0.05, 0.1) is 12.7 Å². The van der Waals surface area contributed by atoms with Crippen LogP contribution in [0.2, 0.25) is 0 Å². The van der Waals surface area contributed by atoms with Crippen LogP contribution in [0.15, 0.2) is 35.2 Å². The van der Waals surface area contributed by atoms with Crippen LogP contribution >= 0.6 is 0 Å². The van der Waals surface area contributed by atoms with E-state index in [9.17, 15) is 0 Å². The van der Waals surface area contributed by atoms with Crippen molar-refractivity contribution in [2.24, 2.45) is 0 Å². The van der Waals surface area contributed by atoms with Gasteiger partial charge in [-0.2, -0.15) is 0 Å². The maximum Gasteiger partial charge on any atom is 0.150 e. The molecule has 15 heavy (non-hydrogen) atoms. The van der Waals surface area contributed by atoms with Crippen molar-refractivity contribution in [3.05, 3.63) is 47.6 Å². The molecule has 0 unspecified atom stereocenters. The molecule has 0 saturated heterocycles. The van der Waals surface area contributed by atoms with Gasteiger partial charge < -0.3 is 9.84 Å². The van der Waals surface area contributed by atoms with E-state index in [2.05, 4.69) is 22.4 Å². The van der Waals surface area contributed by atoms with Crippen LogP contribution in [0.4, 0.5) is 0 Å². The highest BCUT2D eigenvalue weighted by Gasteiger charge is 1.99. The third kappa shape index (κ3) is 2.63. The van der Waals surface area contributed by atoms with E-state index in [-0.39, 0.29) is 0 Å². The SMILES string of the molecule is Cc1ccncc1CNCc1ccno1. The van der Waals surface area contributed by atoms with Crippen LogP contribution in [-0.2, 0) is 13.1 Å². The lowest BCUT2D eigenvalue weighted by Gasteiger charge is -2.04. The summed E-state index contributed by atoms with van der Waals surface area (Å²) in [6.45, 7) is 3.56. The summed E-state index contributed by atoms with van der Waals surface area (Å²) in [5.74, 6) is 0.844. The summed E-state index contributed by atoms with van der Waals surface area (Å²) in [6.07, 6.45) is 5.32. The van der Waals surface area contributed by atoms with Gasteiger partial charge in [-0.05, 0) is 24.1 Å². The Bertz CT molecular complexity index is 412. The Hall–Kier alpha value is -1.68. The summed E-state index contributed by atoms with van der Waals surface area (Å²) in [7, 11) is 0. The molecule has 0 aromatic carbocycles. The Morgan fingerprint density at radius 3 is 2.93 bits per heavy atom. The summed E-state index contributed by atoms with van der Waals surface area (Å²) in [5, 5.41) is 6.91. The fourth-order valence-corrected chi connectivity index (χ4v) is 1.34. The van der Waals surface area contributed by atoms with Gasteiger partial charge in [-0.3, -0.25) is 4.98 Å². The molecule has 78 valence electrons. The standard InChI is InChI=1S/C11H13N3O/c1-9-2-4-12-6-10(9)7-13-8-11-3-5-14-15-11/h2-6,13H,7-8H2,1H3. The predicted molar refractivity (Wildman–Crippen MR) is 56.0 cm³/mol. The highest BCUT2D eigenvalue weighted by Crippen LogP contribution is 2.04. The summed E-state index contributed by atoms with van der Waals surface area (Å²) < 4.78 is 4.97. The van der Waals surface area contributed by atoms with E-state index in [1.165, 1.54) is 11.1 Å². The van der Waals surface area contributed by atoms with Gasteiger partial charge in [0.1, 0.15) is 5.76 Å². The van der Waals surface area contributed by atoms with Crippen LogP contribution < -0.4 is 5.32 Å². The first-order valence-corrected chi connectivity index (χ1v) is 4.86. The van der Waals surface area contributed by atoms with Gasteiger partial charge >= 0.3 is 0 Å². The molecule has 0 radical (unpaired) electrons. The number of aryl methyl sites for hydroxylation is 1. The van der Waals surface area contributed by atoms with Gasteiger partial charge in [0, 0.05) is 25.0 Å². The van der Waals surface area contributed by atoms with Crippen LogP contribution in [0.1, 0.15) is 16.9 Å². The largest absolute Gasteiger partial charge is 0.360 e. The van der Waals surface area contributed by atoms with Crippen LogP contribution in [0.25, 0.3) is 0 Å². The van der Waals surface area contributed by atoms with Crippen molar-refractivity contribution in [1.82, 2.24) is 15.5 Å². The Morgan fingerprint density at radius 2 is 2.20 bits per heavy atom. The topological polar surface area (TPSA) is 51.0 Å². The zero-order valence-corrected chi connectivity index (χ0v) is 8.60. The average molecular weight is 203 g/mol. The fraction of sp³-hybridized carbons (Fsp3) is 0.273. The maximum absolute atomic E-state index is 4.97. The van der Waals surface area contributed by atoms with E-state index in [1.54, 1.807) is 12.4 Å². The fourth-order valence-electron chi connectivity index (χ4n) is 1.34. The van der Waals surface area contributed by atoms with Gasteiger partial charge in [-0.15, -0.1) is 0 Å². The van der Waals surface area contributed by atoms with Crippen molar-refractivity contribution in [3.8, 4) is 0 Å².